The van der Waals surface area contributed by atoms with Crippen molar-refractivity contribution in [2.24, 2.45) is 0 Å². The van der Waals surface area contributed by atoms with Gasteiger partial charge in [-0.2, -0.15) is 11.8 Å². The summed E-state index contributed by atoms with van der Waals surface area (Å²) in [5.41, 5.74) is 1.28. The lowest BCUT2D eigenvalue weighted by Gasteiger charge is -2.23. The molecule has 1 aliphatic heterocycles. The van der Waals surface area contributed by atoms with Crippen LogP contribution in [0.1, 0.15) is 37.6 Å². The molecule has 0 unspecified atom stereocenters. The minimum absolute atomic E-state index is 0.000906. The maximum Gasteiger partial charge on any atom is 0.321 e. The van der Waals surface area contributed by atoms with Crippen molar-refractivity contribution in [3.05, 3.63) is 29.8 Å². The highest BCUT2D eigenvalue weighted by Gasteiger charge is 2.25. The van der Waals surface area contributed by atoms with Crippen molar-refractivity contribution in [3.63, 3.8) is 0 Å². The van der Waals surface area contributed by atoms with Crippen LogP contribution in [0.15, 0.2) is 24.3 Å². The quantitative estimate of drug-likeness (QED) is 0.849. The number of nitrogens with zero attached hydrogens (tertiary/aromatic N) is 1. The fraction of sp³-hybridized carbons (Fsp3) is 0.500. The highest BCUT2D eigenvalue weighted by molar-refractivity contribution is 8.00. The Labute approximate surface area is 130 Å². The van der Waals surface area contributed by atoms with E-state index in [9.17, 15) is 9.59 Å². The maximum absolute atomic E-state index is 12.3. The van der Waals surface area contributed by atoms with Crippen LogP contribution in [0.2, 0.25) is 0 Å². The second-order valence-electron chi connectivity index (χ2n) is 5.91. The number of carbonyl (C=O) groups excluding carboxylic acids is 2. The molecular weight excluding hydrogens is 284 g/mol. The molecule has 1 fully saturated rings. The summed E-state index contributed by atoms with van der Waals surface area (Å²) in [4.78, 5) is 25.6. The van der Waals surface area contributed by atoms with Gasteiger partial charge in [0.25, 0.3) is 0 Å². The van der Waals surface area contributed by atoms with Crippen molar-refractivity contribution in [3.8, 4) is 0 Å². The van der Waals surface area contributed by atoms with Crippen LogP contribution < -0.4 is 5.32 Å². The molecule has 1 aromatic rings. The fourth-order valence-electron chi connectivity index (χ4n) is 2.24. The first-order valence-electron chi connectivity index (χ1n) is 7.18. The fourth-order valence-corrected chi connectivity index (χ4v) is 3.34. The molecular formula is C16H22N2O2S. The zero-order chi connectivity index (χ0) is 15.5. The molecule has 114 valence electrons. The number of benzene rings is 1. The van der Waals surface area contributed by atoms with Gasteiger partial charge >= 0.3 is 6.03 Å². The third-order valence-electron chi connectivity index (χ3n) is 3.65. The summed E-state index contributed by atoms with van der Waals surface area (Å²) in [7, 11) is 0. The van der Waals surface area contributed by atoms with E-state index in [-0.39, 0.29) is 16.6 Å². The molecule has 0 bridgehead atoms. The Morgan fingerprint density at radius 1 is 1.29 bits per heavy atom. The molecule has 0 aliphatic carbocycles. The number of nitrogens with one attached hydrogen (secondary N) is 1. The summed E-state index contributed by atoms with van der Waals surface area (Å²) in [6, 6.07) is 6.98. The summed E-state index contributed by atoms with van der Waals surface area (Å²) >= 11 is 1.91. The number of urea groups is 1. The predicted molar refractivity (Wildman–Crippen MR) is 88.2 cm³/mol. The maximum atomic E-state index is 12.3. The highest BCUT2D eigenvalue weighted by atomic mass is 32.2. The molecule has 2 rings (SSSR count). The molecule has 0 saturated carbocycles. The van der Waals surface area contributed by atoms with Crippen LogP contribution in [0.25, 0.3) is 0 Å². The minimum Gasteiger partial charge on any atom is -0.324 e. The van der Waals surface area contributed by atoms with Gasteiger partial charge in [0.2, 0.25) is 0 Å². The molecule has 21 heavy (non-hydrogen) atoms. The summed E-state index contributed by atoms with van der Waals surface area (Å²) in [5.74, 6) is 0.951. The molecule has 2 amide bonds. The molecule has 0 atom stereocenters. The number of carbonyl (C=O) groups is 2. The molecule has 0 aromatic heterocycles. The number of amides is 2. The lowest BCUT2D eigenvalue weighted by Crippen LogP contribution is -2.37. The Morgan fingerprint density at radius 3 is 2.76 bits per heavy atom. The molecule has 1 heterocycles. The molecule has 1 aliphatic rings. The van der Waals surface area contributed by atoms with E-state index >= 15 is 0 Å². The van der Waals surface area contributed by atoms with Gasteiger partial charge in [0, 0.05) is 34.8 Å². The topological polar surface area (TPSA) is 49.4 Å². The van der Waals surface area contributed by atoms with Crippen LogP contribution in [-0.2, 0) is 0 Å². The van der Waals surface area contributed by atoms with Gasteiger partial charge < -0.3 is 10.2 Å². The second kappa shape index (κ2) is 6.52. The standard InChI is InChI=1S/C16H22N2O2S/c1-12(19)13-5-4-6-14(11-13)17-15(20)18-8-7-16(2,3)21-10-9-18/h4-6,11H,7-10H2,1-3H3,(H,17,20). The lowest BCUT2D eigenvalue weighted by atomic mass is 10.1. The molecule has 0 spiro atoms. The Morgan fingerprint density at radius 2 is 2.05 bits per heavy atom. The normalized spacial score (nSPS) is 18.0. The molecule has 1 N–H and O–H groups in total. The SMILES string of the molecule is CC(=O)c1cccc(NC(=O)N2CCSC(C)(C)CC2)c1. The van der Waals surface area contributed by atoms with Gasteiger partial charge in [-0.3, -0.25) is 4.79 Å². The molecule has 5 heteroatoms. The van der Waals surface area contributed by atoms with Gasteiger partial charge in [-0.1, -0.05) is 26.0 Å². The zero-order valence-corrected chi connectivity index (χ0v) is 13.6. The van der Waals surface area contributed by atoms with Gasteiger partial charge in [0.05, 0.1) is 0 Å². The van der Waals surface area contributed by atoms with E-state index in [1.165, 1.54) is 6.92 Å². The number of ketones is 1. The Hall–Kier alpha value is -1.49. The minimum atomic E-state index is -0.0889. The van der Waals surface area contributed by atoms with E-state index in [4.69, 9.17) is 0 Å². The second-order valence-corrected chi connectivity index (χ2v) is 7.71. The van der Waals surface area contributed by atoms with Crippen molar-refractivity contribution in [1.82, 2.24) is 4.90 Å². The number of anilines is 1. The van der Waals surface area contributed by atoms with Crippen LogP contribution in [-0.4, -0.2) is 40.3 Å². The van der Waals surface area contributed by atoms with E-state index in [2.05, 4.69) is 19.2 Å². The monoisotopic (exact) mass is 306 g/mol. The van der Waals surface area contributed by atoms with Gasteiger partial charge in [-0.15, -0.1) is 0 Å². The summed E-state index contributed by atoms with van der Waals surface area (Å²) in [6.45, 7) is 7.48. The zero-order valence-electron chi connectivity index (χ0n) is 12.8. The van der Waals surface area contributed by atoms with E-state index in [0.717, 1.165) is 25.3 Å². The van der Waals surface area contributed by atoms with Gasteiger partial charge in [0.1, 0.15) is 0 Å². The first-order valence-corrected chi connectivity index (χ1v) is 8.17. The first-order chi connectivity index (χ1) is 9.87. The van der Waals surface area contributed by atoms with E-state index in [1.807, 2.05) is 16.7 Å². The van der Waals surface area contributed by atoms with Crippen LogP contribution in [0.3, 0.4) is 0 Å². The number of thioether (sulfide) groups is 1. The molecule has 1 aromatic carbocycles. The lowest BCUT2D eigenvalue weighted by molar-refractivity contribution is 0.101. The van der Waals surface area contributed by atoms with E-state index in [0.29, 0.717) is 11.3 Å². The van der Waals surface area contributed by atoms with Crippen LogP contribution in [0, 0.1) is 0 Å². The molecule has 0 radical (unpaired) electrons. The smallest absolute Gasteiger partial charge is 0.321 e. The van der Waals surface area contributed by atoms with Crippen LogP contribution in [0.5, 0.6) is 0 Å². The summed E-state index contributed by atoms with van der Waals surface area (Å²) in [6.07, 6.45) is 0.985. The van der Waals surface area contributed by atoms with Gasteiger partial charge in [-0.05, 0) is 25.5 Å². The Balaban J connectivity index is 2.01. The Bertz CT molecular complexity index is 543. The molecule has 1 saturated heterocycles. The third kappa shape index (κ3) is 4.49. The number of hydrogen-bond acceptors (Lipinski definition) is 3. The van der Waals surface area contributed by atoms with Crippen molar-refractivity contribution in [2.45, 2.75) is 31.9 Å². The van der Waals surface area contributed by atoms with Gasteiger partial charge in [-0.25, -0.2) is 4.79 Å². The number of Topliss-reactive ketones (excluding diaryl/α,β-unsaturated/α-hetero) is 1. The van der Waals surface area contributed by atoms with Gasteiger partial charge in [0.15, 0.2) is 5.78 Å². The summed E-state index contributed by atoms with van der Waals surface area (Å²) < 4.78 is 0.226. The Kier molecular flexibility index (Phi) is 4.93. The average Bonchev–Trinajstić information content (AvgIpc) is 2.60. The van der Waals surface area contributed by atoms with Crippen LogP contribution >= 0.6 is 11.8 Å². The largest absolute Gasteiger partial charge is 0.324 e. The van der Waals surface area contributed by atoms with Crippen LogP contribution in [0.4, 0.5) is 10.5 Å². The highest BCUT2D eigenvalue weighted by Crippen LogP contribution is 2.30. The number of rotatable bonds is 2. The predicted octanol–water partition coefficient (Wildman–Crippen LogP) is 3.64. The first kappa shape index (κ1) is 15.9. The van der Waals surface area contributed by atoms with E-state index in [1.54, 1.807) is 24.3 Å². The van der Waals surface area contributed by atoms with Crippen molar-refractivity contribution in [2.75, 3.05) is 24.2 Å². The van der Waals surface area contributed by atoms with E-state index < -0.39 is 0 Å². The average molecular weight is 306 g/mol. The van der Waals surface area contributed by atoms with Crippen molar-refractivity contribution < 1.29 is 9.59 Å². The third-order valence-corrected chi connectivity index (χ3v) is 5.02. The molecule has 4 nitrogen and oxygen atoms in total. The number of hydrogen-bond donors (Lipinski definition) is 1. The summed E-state index contributed by atoms with van der Waals surface area (Å²) in [5, 5.41) is 2.89. The van der Waals surface area contributed by atoms with Crippen molar-refractivity contribution >= 4 is 29.3 Å². The van der Waals surface area contributed by atoms with Crippen molar-refractivity contribution in [1.29, 1.82) is 0 Å².